The van der Waals surface area contributed by atoms with Gasteiger partial charge < -0.3 is 15.5 Å². The van der Waals surface area contributed by atoms with E-state index in [1.807, 2.05) is 6.07 Å². The van der Waals surface area contributed by atoms with Gasteiger partial charge in [-0.3, -0.25) is 5.32 Å². The Kier molecular flexibility index (Phi) is 2.17. The summed E-state index contributed by atoms with van der Waals surface area (Å²) in [4.78, 5) is 17.9. The summed E-state index contributed by atoms with van der Waals surface area (Å²) in [6, 6.07) is 5.37. The smallest absolute Gasteiger partial charge is 0.413 e. The number of methoxy groups -OCH3 is 1. The van der Waals surface area contributed by atoms with Crippen molar-refractivity contribution < 1.29 is 9.53 Å². The van der Waals surface area contributed by atoms with Crippen molar-refractivity contribution in [3.63, 3.8) is 0 Å². The molecule has 0 atom stereocenters. The van der Waals surface area contributed by atoms with Crippen LogP contribution in [0.25, 0.3) is 11.0 Å². The number of hydrogen-bond acceptors (Lipinski definition) is 4. The van der Waals surface area contributed by atoms with Gasteiger partial charge in [0.15, 0.2) is 0 Å². The zero-order valence-electron chi connectivity index (χ0n) is 8.07. The van der Waals surface area contributed by atoms with Gasteiger partial charge in [-0.15, -0.1) is 0 Å². The molecule has 1 aromatic carbocycles. The third-order valence-electron chi connectivity index (χ3n) is 1.95. The third kappa shape index (κ3) is 1.69. The molecule has 0 fully saturated rings. The number of hydrogen-bond donors (Lipinski definition) is 3. The summed E-state index contributed by atoms with van der Waals surface area (Å²) in [5, 5.41) is 2.42. The van der Waals surface area contributed by atoms with E-state index in [4.69, 9.17) is 5.73 Å². The van der Waals surface area contributed by atoms with Crippen LogP contribution in [0.15, 0.2) is 18.2 Å². The van der Waals surface area contributed by atoms with Gasteiger partial charge in [0.05, 0.1) is 18.3 Å². The van der Waals surface area contributed by atoms with Gasteiger partial charge in [-0.2, -0.15) is 0 Å². The fraction of sp³-hybridized carbons (Fsp3) is 0.111. The predicted octanol–water partition coefficient (Wildman–Crippen LogP) is 1.32. The minimum absolute atomic E-state index is 0.315. The Morgan fingerprint density at radius 3 is 3.07 bits per heavy atom. The summed E-state index contributed by atoms with van der Waals surface area (Å²) in [7, 11) is 1.28. The number of carbonyl (C=O) groups is 1. The molecule has 0 saturated carbocycles. The van der Waals surface area contributed by atoms with E-state index >= 15 is 0 Å². The minimum atomic E-state index is -0.576. The predicted molar refractivity (Wildman–Crippen MR) is 56.5 cm³/mol. The number of aromatic amines is 1. The summed E-state index contributed by atoms with van der Waals surface area (Å²) in [6.45, 7) is 0. The van der Waals surface area contributed by atoms with Crippen molar-refractivity contribution in [1.82, 2.24) is 9.97 Å². The molecule has 0 aliphatic carbocycles. The molecule has 0 spiro atoms. The SMILES string of the molecule is COC(=O)Nc1nc2c(N)cccc2[nH]1. The van der Waals surface area contributed by atoms with Crippen LogP contribution in [0.4, 0.5) is 16.4 Å². The highest BCUT2D eigenvalue weighted by atomic mass is 16.5. The summed E-state index contributed by atoms with van der Waals surface area (Å²) in [5.74, 6) is 0.315. The van der Waals surface area contributed by atoms with Gasteiger partial charge in [-0.05, 0) is 12.1 Å². The molecule has 1 aromatic heterocycles. The van der Waals surface area contributed by atoms with Crippen LogP contribution in [-0.2, 0) is 4.74 Å². The molecule has 0 aliphatic heterocycles. The van der Waals surface area contributed by atoms with E-state index in [0.717, 1.165) is 5.52 Å². The molecule has 2 aromatic rings. The van der Waals surface area contributed by atoms with Crippen molar-refractivity contribution in [2.24, 2.45) is 0 Å². The second-order valence-electron chi connectivity index (χ2n) is 2.95. The van der Waals surface area contributed by atoms with Crippen LogP contribution in [0, 0.1) is 0 Å². The number of benzene rings is 1. The summed E-state index contributed by atoms with van der Waals surface area (Å²) >= 11 is 0. The molecule has 15 heavy (non-hydrogen) atoms. The van der Waals surface area contributed by atoms with E-state index in [1.54, 1.807) is 12.1 Å². The number of imidazole rings is 1. The van der Waals surface area contributed by atoms with Crippen molar-refractivity contribution in [3.8, 4) is 0 Å². The number of anilines is 2. The highest BCUT2D eigenvalue weighted by Crippen LogP contribution is 2.19. The fourth-order valence-corrected chi connectivity index (χ4v) is 1.26. The molecular weight excluding hydrogens is 196 g/mol. The van der Waals surface area contributed by atoms with E-state index in [9.17, 15) is 4.79 Å². The zero-order valence-corrected chi connectivity index (χ0v) is 8.07. The van der Waals surface area contributed by atoms with Crippen LogP contribution in [0.1, 0.15) is 0 Å². The largest absolute Gasteiger partial charge is 0.453 e. The maximum Gasteiger partial charge on any atom is 0.413 e. The normalized spacial score (nSPS) is 10.2. The highest BCUT2D eigenvalue weighted by Gasteiger charge is 2.07. The molecule has 1 amide bonds. The van der Waals surface area contributed by atoms with Crippen LogP contribution in [-0.4, -0.2) is 23.2 Å². The van der Waals surface area contributed by atoms with Crippen molar-refractivity contribution >= 4 is 28.8 Å². The lowest BCUT2D eigenvalue weighted by Gasteiger charge is -1.96. The zero-order chi connectivity index (χ0) is 10.8. The van der Waals surface area contributed by atoms with Crippen molar-refractivity contribution in [2.45, 2.75) is 0 Å². The molecule has 6 nitrogen and oxygen atoms in total. The highest BCUT2D eigenvalue weighted by molar-refractivity contribution is 5.91. The van der Waals surface area contributed by atoms with E-state index in [1.165, 1.54) is 7.11 Å². The van der Waals surface area contributed by atoms with Crippen molar-refractivity contribution in [1.29, 1.82) is 0 Å². The maximum absolute atomic E-state index is 10.9. The number of nitrogens with zero attached hydrogens (tertiary/aromatic N) is 1. The number of rotatable bonds is 1. The molecule has 6 heteroatoms. The minimum Gasteiger partial charge on any atom is -0.453 e. The molecule has 0 radical (unpaired) electrons. The standard InChI is InChI=1S/C9H10N4O2/c1-15-9(14)13-8-11-6-4-2-3-5(10)7(6)12-8/h2-4H,10H2,1H3,(H2,11,12,13,14). The Morgan fingerprint density at radius 2 is 2.40 bits per heavy atom. The molecular formula is C9H10N4O2. The van der Waals surface area contributed by atoms with Crippen molar-refractivity contribution in [2.75, 3.05) is 18.2 Å². The number of fused-ring (bicyclic) bond motifs is 1. The molecule has 0 bridgehead atoms. The molecule has 4 N–H and O–H groups in total. The molecule has 78 valence electrons. The quantitative estimate of drug-likeness (QED) is 0.613. The van der Waals surface area contributed by atoms with Gasteiger partial charge in [0.2, 0.25) is 5.95 Å². The van der Waals surface area contributed by atoms with Crippen LogP contribution in [0.5, 0.6) is 0 Å². The Balaban J connectivity index is 2.39. The monoisotopic (exact) mass is 206 g/mol. The number of para-hydroxylation sites is 1. The Bertz CT molecular complexity index is 506. The lowest BCUT2D eigenvalue weighted by molar-refractivity contribution is 0.186. The van der Waals surface area contributed by atoms with E-state index in [0.29, 0.717) is 17.2 Å². The number of nitrogens with two attached hydrogens (primary N) is 1. The fourth-order valence-electron chi connectivity index (χ4n) is 1.26. The van der Waals surface area contributed by atoms with E-state index in [2.05, 4.69) is 20.0 Å². The van der Waals surface area contributed by atoms with Gasteiger partial charge in [0.1, 0.15) is 5.52 Å². The Morgan fingerprint density at radius 1 is 1.60 bits per heavy atom. The lowest BCUT2D eigenvalue weighted by Crippen LogP contribution is -2.11. The van der Waals surface area contributed by atoms with Crippen LogP contribution in [0.2, 0.25) is 0 Å². The number of ether oxygens (including phenoxy) is 1. The Hall–Kier alpha value is -2.24. The summed E-state index contributed by atoms with van der Waals surface area (Å²) in [5.41, 5.74) is 7.66. The van der Waals surface area contributed by atoms with Gasteiger partial charge in [-0.1, -0.05) is 6.07 Å². The second kappa shape index (κ2) is 3.49. The van der Waals surface area contributed by atoms with Gasteiger partial charge in [-0.25, -0.2) is 9.78 Å². The molecule has 1 heterocycles. The van der Waals surface area contributed by atoms with Crippen LogP contribution >= 0.6 is 0 Å². The third-order valence-corrected chi connectivity index (χ3v) is 1.95. The van der Waals surface area contributed by atoms with E-state index in [-0.39, 0.29) is 0 Å². The average molecular weight is 206 g/mol. The first-order valence-electron chi connectivity index (χ1n) is 4.30. The first-order valence-corrected chi connectivity index (χ1v) is 4.30. The first kappa shape index (κ1) is 9.32. The van der Waals surface area contributed by atoms with Crippen LogP contribution < -0.4 is 11.1 Å². The number of aromatic nitrogens is 2. The number of H-pyrrole nitrogens is 1. The van der Waals surface area contributed by atoms with Crippen molar-refractivity contribution in [3.05, 3.63) is 18.2 Å². The topological polar surface area (TPSA) is 93.0 Å². The number of nitrogens with one attached hydrogen (secondary N) is 2. The van der Waals surface area contributed by atoms with Gasteiger partial charge in [0.25, 0.3) is 0 Å². The summed E-state index contributed by atoms with van der Waals surface area (Å²) in [6.07, 6.45) is -0.576. The second-order valence-corrected chi connectivity index (χ2v) is 2.95. The summed E-state index contributed by atoms with van der Waals surface area (Å²) < 4.78 is 4.44. The molecule has 0 unspecified atom stereocenters. The average Bonchev–Trinajstić information content (AvgIpc) is 2.62. The Labute approximate surface area is 85.4 Å². The number of nitrogen functional groups attached to an aromatic ring is 1. The first-order chi connectivity index (χ1) is 7.20. The lowest BCUT2D eigenvalue weighted by atomic mass is 10.3. The van der Waals surface area contributed by atoms with Crippen LogP contribution in [0.3, 0.4) is 0 Å². The molecule has 2 rings (SSSR count). The molecule has 0 aliphatic rings. The molecule has 0 saturated heterocycles. The van der Waals surface area contributed by atoms with E-state index < -0.39 is 6.09 Å². The maximum atomic E-state index is 10.9. The number of amides is 1. The number of carbonyl (C=O) groups excluding carboxylic acids is 1. The van der Waals surface area contributed by atoms with Gasteiger partial charge >= 0.3 is 6.09 Å². The van der Waals surface area contributed by atoms with Gasteiger partial charge in [0, 0.05) is 0 Å².